The van der Waals surface area contributed by atoms with Gasteiger partial charge in [-0.05, 0) is 44.1 Å². The van der Waals surface area contributed by atoms with Gasteiger partial charge in [-0.1, -0.05) is 13.8 Å². The number of likely N-dealkylation sites (tertiary alicyclic amines) is 1. The summed E-state index contributed by atoms with van der Waals surface area (Å²) < 4.78 is 0. The first kappa shape index (κ1) is 17.0. The van der Waals surface area contributed by atoms with E-state index in [0.29, 0.717) is 24.8 Å². The van der Waals surface area contributed by atoms with Gasteiger partial charge in [0.2, 0.25) is 5.91 Å². The molecule has 1 rings (SSSR count). The first-order chi connectivity index (χ1) is 9.49. The number of carboxylic acid groups (broad SMARTS) is 1. The summed E-state index contributed by atoms with van der Waals surface area (Å²) in [6.45, 7) is 7.19. The highest BCUT2D eigenvalue weighted by molar-refractivity contribution is 5.78. The molecule has 1 fully saturated rings. The number of aliphatic carboxylic acids is 1. The zero-order valence-corrected chi connectivity index (χ0v) is 12.7. The predicted molar refractivity (Wildman–Crippen MR) is 78.5 cm³/mol. The second-order valence-corrected chi connectivity index (χ2v) is 6.09. The zero-order valence-electron chi connectivity index (χ0n) is 12.7. The average molecular weight is 284 g/mol. The van der Waals surface area contributed by atoms with Gasteiger partial charge in [-0.15, -0.1) is 0 Å². The topological polar surface area (TPSA) is 69.6 Å². The molecule has 1 saturated heterocycles. The van der Waals surface area contributed by atoms with Gasteiger partial charge in [-0.2, -0.15) is 0 Å². The molecule has 0 radical (unpaired) electrons. The summed E-state index contributed by atoms with van der Waals surface area (Å²) in [5.41, 5.74) is 0. The molecule has 1 amide bonds. The van der Waals surface area contributed by atoms with Crippen molar-refractivity contribution in [1.82, 2.24) is 10.2 Å². The lowest BCUT2D eigenvalue weighted by molar-refractivity contribution is -0.137. The standard InChI is InChI=1S/C15H28N2O3/c1-12(5-6-15(19)20)7-8-16-10-14(18)17-9-3-4-13(2)11-17/h12-13,16H,3-11H2,1-2H3,(H,19,20). The Balaban J connectivity index is 2.08. The van der Waals surface area contributed by atoms with Gasteiger partial charge in [0, 0.05) is 19.5 Å². The highest BCUT2D eigenvalue weighted by Gasteiger charge is 2.20. The predicted octanol–water partition coefficient (Wildman–Crippen LogP) is 1.73. The van der Waals surface area contributed by atoms with Crippen molar-refractivity contribution in [2.24, 2.45) is 11.8 Å². The molecule has 20 heavy (non-hydrogen) atoms. The summed E-state index contributed by atoms with van der Waals surface area (Å²) in [4.78, 5) is 24.4. The summed E-state index contributed by atoms with van der Waals surface area (Å²) >= 11 is 0. The monoisotopic (exact) mass is 284 g/mol. The number of rotatable bonds is 8. The number of carbonyl (C=O) groups excluding carboxylic acids is 1. The van der Waals surface area contributed by atoms with Gasteiger partial charge in [-0.3, -0.25) is 9.59 Å². The Morgan fingerprint density at radius 3 is 2.80 bits per heavy atom. The summed E-state index contributed by atoms with van der Waals surface area (Å²) in [6, 6.07) is 0. The summed E-state index contributed by atoms with van der Waals surface area (Å²) in [5.74, 6) is 0.446. The maximum Gasteiger partial charge on any atom is 0.303 e. The molecule has 2 N–H and O–H groups in total. The molecular formula is C15H28N2O3. The second kappa shape index (κ2) is 8.95. The number of amides is 1. The molecule has 0 bridgehead atoms. The van der Waals surface area contributed by atoms with Crippen LogP contribution in [0.25, 0.3) is 0 Å². The van der Waals surface area contributed by atoms with Crippen LogP contribution >= 0.6 is 0 Å². The molecule has 0 aliphatic carbocycles. The molecule has 116 valence electrons. The van der Waals surface area contributed by atoms with Crippen LogP contribution in [0.15, 0.2) is 0 Å². The van der Waals surface area contributed by atoms with Gasteiger partial charge in [-0.25, -0.2) is 0 Å². The lowest BCUT2D eigenvalue weighted by Crippen LogP contribution is -2.43. The molecular weight excluding hydrogens is 256 g/mol. The van der Waals surface area contributed by atoms with Crippen molar-refractivity contribution >= 4 is 11.9 Å². The molecule has 0 spiro atoms. The van der Waals surface area contributed by atoms with E-state index in [9.17, 15) is 9.59 Å². The smallest absolute Gasteiger partial charge is 0.303 e. The van der Waals surface area contributed by atoms with Crippen molar-refractivity contribution in [1.29, 1.82) is 0 Å². The Labute approximate surface area is 121 Å². The molecule has 0 aromatic carbocycles. The lowest BCUT2D eigenvalue weighted by Gasteiger charge is -2.31. The Hall–Kier alpha value is -1.10. The van der Waals surface area contributed by atoms with E-state index in [-0.39, 0.29) is 12.3 Å². The number of hydrogen-bond donors (Lipinski definition) is 2. The number of hydrogen-bond acceptors (Lipinski definition) is 3. The fourth-order valence-corrected chi connectivity index (χ4v) is 2.59. The van der Waals surface area contributed by atoms with Crippen molar-refractivity contribution in [2.75, 3.05) is 26.2 Å². The van der Waals surface area contributed by atoms with Crippen LogP contribution in [0.3, 0.4) is 0 Å². The lowest BCUT2D eigenvalue weighted by atomic mass is 10.0. The second-order valence-electron chi connectivity index (χ2n) is 6.09. The Kier molecular flexibility index (Phi) is 7.59. The molecule has 0 saturated carbocycles. The highest BCUT2D eigenvalue weighted by Crippen LogP contribution is 2.15. The van der Waals surface area contributed by atoms with Crippen molar-refractivity contribution in [3.05, 3.63) is 0 Å². The van der Waals surface area contributed by atoms with E-state index in [1.54, 1.807) is 0 Å². The van der Waals surface area contributed by atoms with E-state index < -0.39 is 5.97 Å². The van der Waals surface area contributed by atoms with E-state index in [2.05, 4.69) is 19.2 Å². The quantitative estimate of drug-likeness (QED) is 0.666. The number of carboxylic acids is 1. The maximum atomic E-state index is 12.0. The van der Waals surface area contributed by atoms with Crippen molar-refractivity contribution in [3.63, 3.8) is 0 Å². The minimum atomic E-state index is -0.737. The van der Waals surface area contributed by atoms with E-state index in [0.717, 1.165) is 32.5 Å². The summed E-state index contributed by atoms with van der Waals surface area (Å²) in [7, 11) is 0. The van der Waals surface area contributed by atoms with Crippen LogP contribution in [-0.2, 0) is 9.59 Å². The van der Waals surface area contributed by atoms with Crippen LogP contribution in [0.4, 0.5) is 0 Å². The number of nitrogens with zero attached hydrogens (tertiary/aromatic N) is 1. The molecule has 1 heterocycles. The first-order valence-corrected chi connectivity index (χ1v) is 7.69. The number of carbonyl (C=O) groups is 2. The van der Waals surface area contributed by atoms with Gasteiger partial charge in [0.15, 0.2) is 0 Å². The Morgan fingerprint density at radius 2 is 2.15 bits per heavy atom. The fourth-order valence-electron chi connectivity index (χ4n) is 2.59. The van der Waals surface area contributed by atoms with Gasteiger partial charge in [0.25, 0.3) is 0 Å². The van der Waals surface area contributed by atoms with Gasteiger partial charge >= 0.3 is 5.97 Å². The van der Waals surface area contributed by atoms with Crippen LogP contribution in [-0.4, -0.2) is 48.1 Å². The van der Waals surface area contributed by atoms with E-state index >= 15 is 0 Å². The number of nitrogens with one attached hydrogen (secondary N) is 1. The van der Waals surface area contributed by atoms with Crippen molar-refractivity contribution < 1.29 is 14.7 Å². The third-order valence-electron chi connectivity index (χ3n) is 3.95. The molecule has 2 atom stereocenters. The molecule has 0 aromatic rings. The number of piperidine rings is 1. The molecule has 1 aliphatic rings. The summed E-state index contributed by atoms with van der Waals surface area (Å²) in [6.07, 6.45) is 4.18. The highest BCUT2D eigenvalue weighted by atomic mass is 16.4. The van der Waals surface area contributed by atoms with Crippen LogP contribution in [0.2, 0.25) is 0 Å². The maximum absolute atomic E-state index is 12.0. The Morgan fingerprint density at radius 1 is 1.40 bits per heavy atom. The largest absolute Gasteiger partial charge is 0.481 e. The SMILES string of the molecule is CC(CCNCC(=O)N1CCCC(C)C1)CCC(=O)O. The van der Waals surface area contributed by atoms with Crippen molar-refractivity contribution in [3.8, 4) is 0 Å². The van der Waals surface area contributed by atoms with Crippen LogP contribution in [0.5, 0.6) is 0 Å². The van der Waals surface area contributed by atoms with E-state index in [4.69, 9.17) is 5.11 Å². The van der Waals surface area contributed by atoms with Crippen LogP contribution < -0.4 is 5.32 Å². The zero-order chi connectivity index (χ0) is 15.0. The first-order valence-electron chi connectivity index (χ1n) is 7.69. The normalized spacial score (nSPS) is 20.7. The van der Waals surface area contributed by atoms with Crippen molar-refractivity contribution in [2.45, 2.75) is 46.0 Å². The molecule has 0 aromatic heterocycles. The average Bonchev–Trinajstić information content (AvgIpc) is 2.41. The fraction of sp³-hybridized carbons (Fsp3) is 0.867. The molecule has 2 unspecified atom stereocenters. The van der Waals surface area contributed by atoms with Crippen LogP contribution in [0.1, 0.15) is 46.0 Å². The molecule has 5 nitrogen and oxygen atoms in total. The molecule has 5 heteroatoms. The summed E-state index contributed by atoms with van der Waals surface area (Å²) in [5, 5.41) is 11.8. The minimum absolute atomic E-state index is 0.190. The minimum Gasteiger partial charge on any atom is -0.481 e. The van der Waals surface area contributed by atoms with E-state index in [1.165, 1.54) is 6.42 Å². The van der Waals surface area contributed by atoms with Crippen LogP contribution in [0, 0.1) is 11.8 Å². The van der Waals surface area contributed by atoms with Gasteiger partial charge < -0.3 is 15.3 Å². The third kappa shape index (κ3) is 6.89. The van der Waals surface area contributed by atoms with Gasteiger partial charge in [0.05, 0.1) is 6.54 Å². The van der Waals surface area contributed by atoms with Gasteiger partial charge in [0.1, 0.15) is 0 Å². The molecule has 1 aliphatic heterocycles. The Bertz CT molecular complexity index is 320. The third-order valence-corrected chi connectivity index (χ3v) is 3.95. The van der Waals surface area contributed by atoms with E-state index in [1.807, 2.05) is 4.90 Å².